The predicted molar refractivity (Wildman–Crippen MR) is 99.3 cm³/mol. The molecule has 1 saturated heterocycles. The molecule has 1 aliphatic rings. The number of amides is 1. The smallest absolute Gasteiger partial charge is 0.268 e. The molecule has 0 aromatic carbocycles. The zero-order chi connectivity index (χ0) is 19.0. The fourth-order valence-corrected chi connectivity index (χ4v) is 4.27. The van der Waals surface area contributed by atoms with Crippen molar-refractivity contribution >= 4 is 17.4 Å². The Morgan fingerprint density at radius 1 is 1.37 bits per heavy atom. The van der Waals surface area contributed by atoms with Gasteiger partial charge in [0.2, 0.25) is 0 Å². The Labute approximate surface area is 160 Å². The molecule has 1 atom stereocenters. The Bertz CT molecular complexity index is 962. The van der Waals surface area contributed by atoms with Crippen LogP contribution in [0.1, 0.15) is 58.3 Å². The third-order valence-electron chi connectivity index (χ3n) is 4.88. The number of likely N-dealkylation sites (tertiary alicyclic amines) is 1. The van der Waals surface area contributed by atoms with Crippen molar-refractivity contribution in [3.8, 4) is 11.3 Å². The Morgan fingerprint density at radius 2 is 2.22 bits per heavy atom. The molecule has 9 heteroatoms. The van der Waals surface area contributed by atoms with E-state index in [1.54, 1.807) is 12.4 Å². The molecule has 140 valence electrons. The van der Waals surface area contributed by atoms with E-state index in [2.05, 4.69) is 19.7 Å². The molecule has 27 heavy (non-hydrogen) atoms. The molecule has 4 rings (SSSR count). The van der Waals surface area contributed by atoms with Crippen molar-refractivity contribution in [1.82, 2.24) is 29.6 Å². The molecule has 0 N–H and O–H groups in total. The zero-order valence-corrected chi connectivity index (χ0v) is 16.3. The number of aryl methyl sites for hydroxylation is 3. The summed E-state index contributed by atoms with van der Waals surface area (Å²) in [6.07, 6.45) is 5.93. The Kier molecular flexibility index (Phi) is 4.69. The Balaban J connectivity index is 1.67. The van der Waals surface area contributed by atoms with E-state index < -0.39 is 0 Å². The van der Waals surface area contributed by atoms with Gasteiger partial charge in [-0.3, -0.25) is 9.78 Å². The first-order chi connectivity index (χ1) is 13.1. The standard InChI is InChI=1S/C18H20N6O2S/c1-4-12-17(27-23-21-12)18(25)24-7-5-6-15(24)13-8-19-9-14(20-13)16-10(2)22-26-11(16)3/h8-9,15H,4-7H2,1-3H3/t15-/m1/s1. The summed E-state index contributed by atoms with van der Waals surface area (Å²) in [7, 11) is 0. The predicted octanol–water partition coefficient (Wildman–Crippen LogP) is 3.14. The Hall–Kier alpha value is -2.68. The number of carbonyl (C=O) groups excluding carboxylic acids is 1. The van der Waals surface area contributed by atoms with Crippen LogP contribution in [-0.4, -0.2) is 42.1 Å². The monoisotopic (exact) mass is 384 g/mol. The van der Waals surface area contributed by atoms with E-state index >= 15 is 0 Å². The lowest BCUT2D eigenvalue weighted by Gasteiger charge is -2.24. The van der Waals surface area contributed by atoms with Crippen molar-refractivity contribution < 1.29 is 9.32 Å². The van der Waals surface area contributed by atoms with Gasteiger partial charge in [0.15, 0.2) is 0 Å². The van der Waals surface area contributed by atoms with Gasteiger partial charge in [-0.2, -0.15) is 0 Å². The molecule has 0 saturated carbocycles. The van der Waals surface area contributed by atoms with E-state index in [-0.39, 0.29) is 11.9 Å². The van der Waals surface area contributed by atoms with Gasteiger partial charge in [0, 0.05) is 6.54 Å². The lowest BCUT2D eigenvalue weighted by molar-refractivity contribution is 0.0736. The number of aromatic nitrogens is 5. The summed E-state index contributed by atoms with van der Waals surface area (Å²) in [5.41, 5.74) is 3.90. The van der Waals surface area contributed by atoms with Crippen LogP contribution in [0.15, 0.2) is 16.9 Å². The molecule has 0 radical (unpaired) electrons. The molecule has 0 aliphatic carbocycles. The van der Waals surface area contributed by atoms with Gasteiger partial charge in [0.25, 0.3) is 5.91 Å². The highest BCUT2D eigenvalue weighted by Crippen LogP contribution is 2.34. The minimum Gasteiger partial charge on any atom is -0.361 e. The van der Waals surface area contributed by atoms with E-state index in [4.69, 9.17) is 9.51 Å². The zero-order valence-electron chi connectivity index (χ0n) is 15.5. The van der Waals surface area contributed by atoms with E-state index in [1.165, 1.54) is 0 Å². The summed E-state index contributed by atoms with van der Waals surface area (Å²) in [5.74, 6) is 0.690. The lowest BCUT2D eigenvalue weighted by atomic mass is 10.1. The molecule has 0 spiro atoms. The maximum absolute atomic E-state index is 13.1. The molecule has 3 aromatic heterocycles. The highest BCUT2D eigenvalue weighted by molar-refractivity contribution is 7.08. The van der Waals surface area contributed by atoms with Crippen LogP contribution in [-0.2, 0) is 6.42 Å². The van der Waals surface area contributed by atoms with Crippen molar-refractivity contribution in [2.24, 2.45) is 0 Å². The number of carbonyl (C=O) groups is 1. The lowest BCUT2D eigenvalue weighted by Crippen LogP contribution is -2.31. The van der Waals surface area contributed by atoms with Gasteiger partial charge in [-0.15, -0.1) is 5.10 Å². The molecule has 1 aliphatic heterocycles. The van der Waals surface area contributed by atoms with Crippen molar-refractivity contribution in [1.29, 1.82) is 0 Å². The quantitative estimate of drug-likeness (QED) is 0.681. The third-order valence-corrected chi connectivity index (χ3v) is 5.64. The van der Waals surface area contributed by atoms with Crippen LogP contribution < -0.4 is 0 Å². The summed E-state index contributed by atoms with van der Waals surface area (Å²) in [6, 6.07) is -0.0998. The second-order valence-electron chi connectivity index (χ2n) is 6.59. The highest BCUT2D eigenvalue weighted by atomic mass is 32.1. The van der Waals surface area contributed by atoms with Crippen molar-refractivity contribution in [3.63, 3.8) is 0 Å². The molecule has 4 heterocycles. The average Bonchev–Trinajstić information content (AvgIpc) is 3.41. The summed E-state index contributed by atoms with van der Waals surface area (Å²) >= 11 is 1.16. The van der Waals surface area contributed by atoms with Crippen LogP contribution in [0.5, 0.6) is 0 Å². The molecule has 0 bridgehead atoms. The van der Waals surface area contributed by atoms with Gasteiger partial charge in [-0.05, 0) is 44.6 Å². The average molecular weight is 384 g/mol. The second kappa shape index (κ2) is 7.15. The van der Waals surface area contributed by atoms with E-state index in [9.17, 15) is 4.79 Å². The molecule has 1 amide bonds. The van der Waals surface area contributed by atoms with Gasteiger partial charge < -0.3 is 9.42 Å². The topological polar surface area (TPSA) is 97.9 Å². The first-order valence-corrected chi connectivity index (χ1v) is 9.74. The molecule has 1 fully saturated rings. The minimum atomic E-state index is -0.0998. The van der Waals surface area contributed by atoms with Crippen molar-refractivity contribution in [2.75, 3.05) is 6.54 Å². The van der Waals surface area contributed by atoms with Gasteiger partial charge in [0.1, 0.15) is 10.6 Å². The summed E-state index contributed by atoms with van der Waals surface area (Å²) in [6.45, 7) is 6.42. The van der Waals surface area contributed by atoms with Crippen LogP contribution in [0, 0.1) is 13.8 Å². The van der Waals surface area contributed by atoms with Gasteiger partial charge in [-0.25, -0.2) is 4.98 Å². The maximum Gasteiger partial charge on any atom is 0.268 e. The molecule has 0 unspecified atom stereocenters. The number of hydrogen-bond donors (Lipinski definition) is 0. The van der Waals surface area contributed by atoms with Crippen LogP contribution >= 0.6 is 11.5 Å². The van der Waals surface area contributed by atoms with Gasteiger partial charge >= 0.3 is 0 Å². The minimum absolute atomic E-state index is 0.0195. The van der Waals surface area contributed by atoms with Crippen LogP contribution in [0.4, 0.5) is 0 Å². The fourth-order valence-electron chi connectivity index (χ4n) is 3.56. The fraction of sp³-hybridized carbons (Fsp3) is 0.444. The van der Waals surface area contributed by atoms with E-state index in [0.29, 0.717) is 23.6 Å². The second-order valence-corrected chi connectivity index (χ2v) is 7.34. The number of nitrogens with zero attached hydrogens (tertiary/aromatic N) is 6. The summed E-state index contributed by atoms with van der Waals surface area (Å²) in [4.78, 5) is 24.7. The van der Waals surface area contributed by atoms with E-state index in [0.717, 1.165) is 52.7 Å². The first-order valence-electron chi connectivity index (χ1n) is 8.97. The highest BCUT2D eigenvalue weighted by Gasteiger charge is 2.34. The molecule has 8 nitrogen and oxygen atoms in total. The first kappa shape index (κ1) is 17.7. The number of hydrogen-bond acceptors (Lipinski definition) is 8. The van der Waals surface area contributed by atoms with Crippen LogP contribution in [0.2, 0.25) is 0 Å². The Morgan fingerprint density at radius 3 is 2.96 bits per heavy atom. The molecule has 3 aromatic rings. The molecular formula is C18H20N6O2S. The van der Waals surface area contributed by atoms with Gasteiger partial charge in [0.05, 0.1) is 46.8 Å². The van der Waals surface area contributed by atoms with Crippen LogP contribution in [0.25, 0.3) is 11.3 Å². The molecular weight excluding hydrogens is 364 g/mol. The largest absolute Gasteiger partial charge is 0.361 e. The summed E-state index contributed by atoms with van der Waals surface area (Å²) < 4.78 is 9.20. The maximum atomic E-state index is 13.1. The van der Waals surface area contributed by atoms with Crippen molar-refractivity contribution in [2.45, 2.75) is 46.1 Å². The normalized spacial score (nSPS) is 16.9. The van der Waals surface area contributed by atoms with E-state index in [1.807, 2.05) is 25.7 Å². The van der Waals surface area contributed by atoms with Crippen LogP contribution in [0.3, 0.4) is 0 Å². The summed E-state index contributed by atoms with van der Waals surface area (Å²) in [5, 5.41) is 8.06. The van der Waals surface area contributed by atoms with Gasteiger partial charge in [-0.1, -0.05) is 16.6 Å². The third kappa shape index (κ3) is 3.12. The van der Waals surface area contributed by atoms with Crippen molar-refractivity contribution in [3.05, 3.63) is 40.1 Å². The SMILES string of the molecule is CCc1nnsc1C(=O)N1CCC[C@@H]1c1cncc(-c2c(C)noc2C)n1. The number of rotatable bonds is 4.